The lowest BCUT2D eigenvalue weighted by Gasteiger charge is -2.27. The van der Waals surface area contributed by atoms with Crippen molar-refractivity contribution in [2.45, 2.75) is 11.8 Å². The van der Waals surface area contributed by atoms with Crippen molar-refractivity contribution in [2.75, 3.05) is 29.1 Å². The Morgan fingerprint density at radius 1 is 1.15 bits per heavy atom. The molecule has 2 amide bonds. The topological polar surface area (TPSA) is 75.7 Å². The average Bonchev–Trinajstić information content (AvgIpc) is 2.64. The summed E-state index contributed by atoms with van der Waals surface area (Å²) >= 11 is 1.44. The predicted octanol–water partition coefficient (Wildman–Crippen LogP) is 2.62. The van der Waals surface area contributed by atoms with Crippen LogP contribution in [0.1, 0.15) is 5.56 Å². The molecule has 0 aliphatic carbocycles. The quantitative estimate of drug-likeness (QED) is 0.819. The molecule has 3 rings (SSSR count). The molecule has 2 aromatic rings. The molecular formula is C19H18N2O4S. The summed E-state index contributed by atoms with van der Waals surface area (Å²) in [6, 6.07) is 14.7. The van der Waals surface area contributed by atoms with Crippen LogP contribution >= 0.6 is 11.8 Å². The number of rotatable bonds is 5. The molecule has 0 aromatic heterocycles. The summed E-state index contributed by atoms with van der Waals surface area (Å²) in [6.45, 7) is 1.34. The van der Waals surface area contributed by atoms with E-state index in [9.17, 15) is 14.4 Å². The van der Waals surface area contributed by atoms with Gasteiger partial charge in [0.25, 0.3) is 5.91 Å². The fraction of sp³-hybridized carbons (Fsp3) is 0.211. The Morgan fingerprint density at radius 2 is 1.88 bits per heavy atom. The number of nitrogens with zero attached hydrogens (tertiary/aromatic N) is 1. The molecule has 2 aromatic carbocycles. The number of ether oxygens (including phenoxy) is 1. The van der Waals surface area contributed by atoms with E-state index in [-0.39, 0.29) is 18.2 Å². The van der Waals surface area contributed by atoms with Crippen molar-refractivity contribution in [2.24, 2.45) is 0 Å². The number of thioether (sulfide) groups is 1. The molecule has 1 aliphatic rings. The van der Waals surface area contributed by atoms with Gasteiger partial charge in [-0.1, -0.05) is 29.8 Å². The minimum atomic E-state index is -0.626. The number of anilines is 2. The smallest absolute Gasteiger partial charge is 0.326 e. The predicted molar refractivity (Wildman–Crippen MR) is 100 cm³/mol. The Bertz CT molecular complexity index is 836. The summed E-state index contributed by atoms with van der Waals surface area (Å²) < 4.78 is 5.01. The number of fused-ring (bicyclic) bond motifs is 1. The summed E-state index contributed by atoms with van der Waals surface area (Å²) in [5.74, 6) is -0.935. The Labute approximate surface area is 155 Å². The van der Waals surface area contributed by atoms with Crippen LogP contribution in [0.25, 0.3) is 0 Å². The van der Waals surface area contributed by atoms with Crippen molar-refractivity contribution in [3.63, 3.8) is 0 Å². The molecule has 7 heteroatoms. The maximum Gasteiger partial charge on any atom is 0.326 e. The van der Waals surface area contributed by atoms with Gasteiger partial charge in [0.2, 0.25) is 5.91 Å². The van der Waals surface area contributed by atoms with E-state index in [1.54, 1.807) is 18.2 Å². The van der Waals surface area contributed by atoms with E-state index < -0.39 is 18.5 Å². The summed E-state index contributed by atoms with van der Waals surface area (Å²) in [7, 11) is 0. The number of benzene rings is 2. The lowest BCUT2D eigenvalue weighted by Crippen LogP contribution is -2.40. The summed E-state index contributed by atoms with van der Waals surface area (Å²) in [4.78, 5) is 38.4. The fourth-order valence-corrected chi connectivity index (χ4v) is 3.42. The van der Waals surface area contributed by atoms with Crippen LogP contribution in [0.2, 0.25) is 0 Å². The molecule has 0 unspecified atom stereocenters. The largest absolute Gasteiger partial charge is 0.454 e. The van der Waals surface area contributed by atoms with Crippen molar-refractivity contribution >= 4 is 40.9 Å². The molecule has 0 saturated carbocycles. The fourth-order valence-electron chi connectivity index (χ4n) is 2.48. The van der Waals surface area contributed by atoms with Gasteiger partial charge in [-0.3, -0.25) is 19.3 Å². The maximum absolute atomic E-state index is 12.1. The van der Waals surface area contributed by atoms with Crippen molar-refractivity contribution in [3.8, 4) is 0 Å². The number of para-hydroxylation sites is 1. The Hall–Kier alpha value is -2.80. The second-order valence-electron chi connectivity index (χ2n) is 5.81. The number of esters is 1. The standard InChI is InChI=1S/C19H18N2O4S/c1-13-6-8-14(9-7-13)20-17(22)11-25-19(24)10-21-15-4-2-3-5-16(15)26-12-18(21)23/h2-9H,10-12H2,1H3,(H,20,22). The van der Waals surface area contributed by atoms with Crippen LogP contribution < -0.4 is 10.2 Å². The third-order valence-electron chi connectivity index (χ3n) is 3.80. The number of carbonyl (C=O) groups excluding carboxylic acids is 3. The summed E-state index contributed by atoms with van der Waals surface area (Å²) in [5, 5.41) is 2.65. The minimum Gasteiger partial charge on any atom is -0.454 e. The normalized spacial score (nSPS) is 13.1. The first-order valence-electron chi connectivity index (χ1n) is 8.07. The van der Waals surface area contributed by atoms with E-state index in [0.717, 1.165) is 10.5 Å². The minimum absolute atomic E-state index is 0.158. The molecule has 1 aliphatic heterocycles. The molecule has 1 N–H and O–H groups in total. The van der Waals surface area contributed by atoms with Crippen LogP contribution in [-0.4, -0.2) is 36.7 Å². The summed E-state index contributed by atoms with van der Waals surface area (Å²) in [6.07, 6.45) is 0. The van der Waals surface area contributed by atoms with Gasteiger partial charge in [-0.2, -0.15) is 0 Å². The third kappa shape index (κ3) is 4.43. The van der Waals surface area contributed by atoms with Crippen molar-refractivity contribution in [3.05, 3.63) is 54.1 Å². The van der Waals surface area contributed by atoms with Gasteiger partial charge in [-0.15, -0.1) is 11.8 Å². The van der Waals surface area contributed by atoms with Gasteiger partial charge in [0.05, 0.1) is 11.4 Å². The number of aryl methyl sites for hydroxylation is 1. The van der Waals surface area contributed by atoms with Crippen LogP contribution in [0.15, 0.2) is 53.4 Å². The zero-order valence-electron chi connectivity index (χ0n) is 14.2. The Kier molecular flexibility index (Phi) is 5.58. The van der Waals surface area contributed by atoms with Crippen molar-refractivity contribution in [1.82, 2.24) is 0 Å². The highest BCUT2D eigenvalue weighted by Crippen LogP contribution is 2.34. The van der Waals surface area contributed by atoms with E-state index in [0.29, 0.717) is 11.4 Å². The van der Waals surface area contributed by atoms with Crippen LogP contribution in [-0.2, 0) is 19.1 Å². The van der Waals surface area contributed by atoms with E-state index in [4.69, 9.17) is 4.74 Å². The molecule has 0 saturated heterocycles. The van der Waals surface area contributed by atoms with Crippen LogP contribution in [0.3, 0.4) is 0 Å². The zero-order chi connectivity index (χ0) is 18.5. The molecule has 0 bridgehead atoms. The van der Waals surface area contributed by atoms with E-state index >= 15 is 0 Å². The molecule has 0 fully saturated rings. The van der Waals surface area contributed by atoms with Crippen LogP contribution in [0.5, 0.6) is 0 Å². The number of carbonyl (C=O) groups is 3. The highest BCUT2D eigenvalue weighted by molar-refractivity contribution is 8.00. The lowest BCUT2D eigenvalue weighted by molar-refractivity contribution is -0.146. The van der Waals surface area contributed by atoms with Gasteiger partial charge >= 0.3 is 5.97 Å². The molecule has 26 heavy (non-hydrogen) atoms. The first-order chi connectivity index (χ1) is 12.5. The first-order valence-corrected chi connectivity index (χ1v) is 9.06. The molecule has 6 nitrogen and oxygen atoms in total. The second kappa shape index (κ2) is 8.05. The number of amides is 2. The molecule has 134 valence electrons. The Balaban J connectivity index is 1.53. The van der Waals surface area contributed by atoms with E-state index in [1.165, 1.54) is 16.7 Å². The number of hydrogen-bond acceptors (Lipinski definition) is 5. The molecular weight excluding hydrogens is 352 g/mol. The SMILES string of the molecule is Cc1ccc(NC(=O)COC(=O)CN2C(=O)CSc3ccccc32)cc1. The zero-order valence-corrected chi connectivity index (χ0v) is 15.0. The van der Waals surface area contributed by atoms with Crippen LogP contribution in [0.4, 0.5) is 11.4 Å². The molecule has 1 heterocycles. The molecule has 0 radical (unpaired) electrons. The van der Waals surface area contributed by atoms with Gasteiger partial charge in [0, 0.05) is 10.6 Å². The highest BCUT2D eigenvalue weighted by atomic mass is 32.2. The van der Waals surface area contributed by atoms with Gasteiger partial charge in [0.1, 0.15) is 6.54 Å². The van der Waals surface area contributed by atoms with Crippen LogP contribution in [0, 0.1) is 6.92 Å². The van der Waals surface area contributed by atoms with Crippen molar-refractivity contribution < 1.29 is 19.1 Å². The third-order valence-corrected chi connectivity index (χ3v) is 4.84. The van der Waals surface area contributed by atoms with Crippen molar-refractivity contribution in [1.29, 1.82) is 0 Å². The monoisotopic (exact) mass is 370 g/mol. The van der Waals surface area contributed by atoms with Gasteiger partial charge in [-0.05, 0) is 31.2 Å². The Morgan fingerprint density at radius 3 is 2.65 bits per heavy atom. The molecule has 0 atom stereocenters. The van der Waals surface area contributed by atoms with E-state index in [2.05, 4.69) is 5.32 Å². The number of hydrogen-bond donors (Lipinski definition) is 1. The van der Waals surface area contributed by atoms with Gasteiger partial charge < -0.3 is 10.1 Å². The van der Waals surface area contributed by atoms with E-state index in [1.807, 2.05) is 37.3 Å². The molecule has 0 spiro atoms. The highest BCUT2D eigenvalue weighted by Gasteiger charge is 2.26. The second-order valence-corrected chi connectivity index (χ2v) is 6.83. The maximum atomic E-state index is 12.1. The number of nitrogens with one attached hydrogen (secondary N) is 1. The summed E-state index contributed by atoms with van der Waals surface area (Å²) in [5.41, 5.74) is 2.41. The average molecular weight is 370 g/mol. The first kappa shape index (κ1) is 18.0. The van der Waals surface area contributed by atoms with Gasteiger partial charge in [-0.25, -0.2) is 0 Å². The van der Waals surface area contributed by atoms with Gasteiger partial charge in [0.15, 0.2) is 6.61 Å². The lowest BCUT2D eigenvalue weighted by atomic mass is 10.2.